The van der Waals surface area contributed by atoms with Crippen molar-refractivity contribution < 1.29 is 21.9 Å². The molecule has 2 aromatic rings. The molecule has 1 N–H and O–H groups in total. The Kier molecular flexibility index (Phi) is 5.65. The molecule has 0 unspecified atom stereocenters. The molecule has 0 amide bonds. The predicted octanol–water partition coefficient (Wildman–Crippen LogP) is 4.38. The van der Waals surface area contributed by atoms with Gasteiger partial charge < -0.3 is 4.74 Å². The number of sulfonamides is 1. The number of aryl methyl sites for hydroxylation is 1. The Morgan fingerprint density at radius 2 is 1.97 bits per heavy atom. The Hall–Kier alpha value is -1.58. The number of hydrogen-bond donors (Lipinski definition) is 1. The van der Waals surface area contributed by atoms with Crippen LogP contribution in [0.25, 0.3) is 10.6 Å². The number of rotatable bonds is 7. The van der Waals surface area contributed by atoms with Crippen LogP contribution in [0.5, 0.6) is 5.75 Å². The van der Waals surface area contributed by atoms with Gasteiger partial charge in [0.15, 0.2) is 0 Å². The highest BCUT2D eigenvalue weighted by atomic mass is 32.2. The summed E-state index contributed by atoms with van der Waals surface area (Å²) in [5.74, 6) is -2.80. The van der Waals surface area contributed by atoms with E-state index in [2.05, 4.69) is 9.71 Å². The average Bonchev–Trinajstić information content (AvgIpc) is 3.45. The lowest BCUT2D eigenvalue weighted by atomic mass is 9.83. The van der Waals surface area contributed by atoms with Crippen LogP contribution in [0.15, 0.2) is 30.5 Å². The van der Waals surface area contributed by atoms with Crippen molar-refractivity contribution in [2.75, 3.05) is 6.61 Å². The quantitative estimate of drug-likeness (QED) is 0.691. The molecule has 2 aliphatic rings. The third-order valence-electron chi connectivity index (χ3n) is 5.42. The fourth-order valence-corrected chi connectivity index (χ4v) is 6.08. The summed E-state index contributed by atoms with van der Waals surface area (Å²) in [6, 6.07) is 6.83. The second-order valence-electron chi connectivity index (χ2n) is 7.94. The third kappa shape index (κ3) is 5.13. The molecule has 0 bridgehead atoms. The zero-order valence-electron chi connectivity index (χ0n) is 16.1. The van der Waals surface area contributed by atoms with Crippen molar-refractivity contribution in [2.24, 2.45) is 5.92 Å². The highest BCUT2D eigenvalue weighted by molar-refractivity contribution is 7.90. The highest BCUT2D eigenvalue weighted by Crippen LogP contribution is 2.38. The van der Waals surface area contributed by atoms with Gasteiger partial charge in [0.1, 0.15) is 10.8 Å². The topological polar surface area (TPSA) is 68.3 Å². The number of thiazole rings is 1. The van der Waals surface area contributed by atoms with Gasteiger partial charge in [0.2, 0.25) is 15.9 Å². The zero-order valence-corrected chi connectivity index (χ0v) is 17.7. The fourth-order valence-electron chi connectivity index (χ4n) is 3.63. The number of nitrogens with one attached hydrogen (secondary N) is 1. The van der Waals surface area contributed by atoms with Crippen LogP contribution in [0.3, 0.4) is 0 Å². The summed E-state index contributed by atoms with van der Waals surface area (Å²) in [6.07, 6.45) is 2.55. The van der Waals surface area contributed by atoms with Crippen LogP contribution in [-0.2, 0) is 10.0 Å². The lowest BCUT2D eigenvalue weighted by molar-refractivity contribution is -0.0661. The summed E-state index contributed by atoms with van der Waals surface area (Å²) >= 11 is 1.59. The molecule has 2 aliphatic carbocycles. The molecular weight excluding hydrogens is 418 g/mol. The van der Waals surface area contributed by atoms with Gasteiger partial charge in [0.25, 0.3) is 0 Å². The van der Waals surface area contributed by atoms with Crippen molar-refractivity contribution in [3.8, 4) is 16.3 Å². The summed E-state index contributed by atoms with van der Waals surface area (Å²) in [4.78, 5) is 5.47. The largest absolute Gasteiger partial charge is 0.493 e. The maximum absolute atomic E-state index is 14.0. The van der Waals surface area contributed by atoms with E-state index in [-0.39, 0.29) is 31.1 Å². The van der Waals surface area contributed by atoms with Crippen LogP contribution in [0, 0.1) is 12.8 Å². The minimum absolute atomic E-state index is 0.0448. The van der Waals surface area contributed by atoms with Crippen molar-refractivity contribution in [2.45, 2.75) is 56.2 Å². The molecule has 1 aromatic heterocycles. The molecule has 1 heterocycles. The molecule has 1 aromatic carbocycles. The van der Waals surface area contributed by atoms with Crippen LogP contribution < -0.4 is 9.46 Å². The van der Waals surface area contributed by atoms with Gasteiger partial charge in [-0.25, -0.2) is 26.9 Å². The van der Waals surface area contributed by atoms with Gasteiger partial charge in [-0.1, -0.05) is 0 Å². The first kappa shape index (κ1) is 20.7. The van der Waals surface area contributed by atoms with Crippen LogP contribution >= 0.6 is 11.3 Å². The minimum Gasteiger partial charge on any atom is -0.493 e. The number of aromatic nitrogens is 1. The van der Waals surface area contributed by atoms with E-state index < -0.39 is 27.9 Å². The smallest absolute Gasteiger partial charge is 0.248 e. The molecule has 29 heavy (non-hydrogen) atoms. The fraction of sp³-hybridized carbons (Fsp3) is 0.550. The summed E-state index contributed by atoms with van der Waals surface area (Å²) in [5, 5.41) is 0.545. The van der Waals surface area contributed by atoms with Gasteiger partial charge in [-0.15, -0.1) is 11.3 Å². The molecule has 0 radical (unpaired) electrons. The number of nitrogens with zero attached hydrogens (tertiary/aromatic N) is 1. The molecule has 2 fully saturated rings. The average molecular weight is 443 g/mol. The van der Waals surface area contributed by atoms with Gasteiger partial charge in [-0.2, -0.15) is 0 Å². The van der Waals surface area contributed by atoms with Gasteiger partial charge in [0.05, 0.1) is 11.9 Å². The third-order valence-corrected chi connectivity index (χ3v) is 8.36. The van der Waals surface area contributed by atoms with Gasteiger partial charge in [-0.05, 0) is 50.5 Å². The van der Waals surface area contributed by atoms with Gasteiger partial charge in [-0.3, -0.25) is 0 Å². The van der Waals surface area contributed by atoms with Crippen molar-refractivity contribution >= 4 is 21.4 Å². The first-order valence-electron chi connectivity index (χ1n) is 9.76. The maximum Gasteiger partial charge on any atom is 0.248 e. The van der Waals surface area contributed by atoms with E-state index in [1.807, 2.05) is 25.3 Å². The number of halogens is 2. The first-order chi connectivity index (χ1) is 13.7. The SMILES string of the molecule is Cc1cnc(-c2ccc(OC[C@@H]3CC(F)(F)CC[C@@H]3NS(=O)(=O)C3CC3)cc2)s1. The monoisotopic (exact) mass is 442 g/mol. The van der Waals surface area contributed by atoms with E-state index in [1.165, 1.54) is 0 Å². The van der Waals surface area contributed by atoms with Crippen molar-refractivity contribution in [1.82, 2.24) is 9.71 Å². The minimum atomic E-state index is -3.43. The van der Waals surface area contributed by atoms with E-state index in [4.69, 9.17) is 4.74 Å². The molecule has 0 saturated heterocycles. The van der Waals surface area contributed by atoms with Crippen LogP contribution in [0.4, 0.5) is 8.78 Å². The summed E-state index contributed by atoms with van der Waals surface area (Å²) in [6.45, 7) is 2.04. The second kappa shape index (κ2) is 7.92. The first-order valence-corrected chi connectivity index (χ1v) is 12.1. The van der Waals surface area contributed by atoms with E-state index in [1.54, 1.807) is 23.5 Å². The molecular formula is C20H24F2N2O3S2. The summed E-state index contributed by atoms with van der Waals surface area (Å²) < 4.78 is 60.9. The molecule has 4 rings (SSSR count). The Morgan fingerprint density at radius 3 is 2.59 bits per heavy atom. The molecule has 0 aliphatic heterocycles. The van der Waals surface area contributed by atoms with Gasteiger partial charge >= 0.3 is 0 Å². The highest BCUT2D eigenvalue weighted by Gasteiger charge is 2.45. The van der Waals surface area contributed by atoms with Crippen LogP contribution in [-0.4, -0.2) is 37.2 Å². The van der Waals surface area contributed by atoms with Crippen LogP contribution in [0.2, 0.25) is 0 Å². The van der Waals surface area contributed by atoms with Crippen molar-refractivity contribution in [3.63, 3.8) is 0 Å². The predicted molar refractivity (Wildman–Crippen MR) is 109 cm³/mol. The molecule has 158 valence electrons. The lowest BCUT2D eigenvalue weighted by Crippen LogP contribution is -2.49. The Balaban J connectivity index is 1.41. The van der Waals surface area contributed by atoms with Crippen molar-refractivity contribution in [3.05, 3.63) is 35.3 Å². The molecule has 2 atom stereocenters. The maximum atomic E-state index is 14.0. The molecule has 9 heteroatoms. The van der Waals surface area contributed by atoms with E-state index in [0.29, 0.717) is 18.6 Å². The zero-order chi connectivity index (χ0) is 20.6. The molecule has 0 spiro atoms. The lowest BCUT2D eigenvalue weighted by Gasteiger charge is -2.36. The van der Waals surface area contributed by atoms with Gasteiger partial charge in [0, 0.05) is 41.4 Å². The number of alkyl halides is 2. The van der Waals surface area contributed by atoms with E-state index in [0.717, 1.165) is 15.4 Å². The second-order valence-corrected chi connectivity index (χ2v) is 11.2. The Bertz CT molecular complexity index is 956. The molecule has 5 nitrogen and oxygen atoms in total. The number of benzene rings is 1. The summed E-state index contributed by atoms with van der Waals surface area (Å²) in [7, 11) is -3.43. The number of ether oxygens (including phenoxy) is 1. The standard InChI is InChI=1S/C20H24F2N2O3S2/c1-13-11-23-19(28-13)14-2-4-16(5-3-14)27-12-15-10-20(21,22)9-8-18(15)24-29(25,26)17-6-7-17/h2-5,11,15,17-18,24H,6-10,12H2,1H3/t15-,18-/m0/s1. The van der Waals surface area contributed by atoms with E-state index >= 15 is 0 Å². The van der Waals surface area contributed by atoms with Crippen molar-refractivity contribution in [1.29, 1.82) is 0 Å². The Labute approximate surface area is 173 Å². The summed E-state index contributed by atoms with van der Waals surface area (Å²) in [5.41, 5.74) is 0.967. The molecule has 2 saturated carbocycles. The van der Waals surface area contributed by atoms with E-state index in [9.17, 15) is 17.2 Å². The normalized spacial score (nSPS) is 24.4. The Morgan fingerprint density at radius 1 is 1.24 bits per heavy atom. The van der Waals surface area contributed by atoms with Crippen LogP contribution in [0.1, 0.15) is 37.0 Å². The number of hydrogen-bond acceptors (Lipinski definition) is 5.